The first-order valence-corrected chi connectivity index (χ1v) is 6.62. The van der Waals surface area contributed by atoms with Crippen LogP contribution in [0.3, 0.4) is 0 Å². The van der Waals surface area contributed by atoms with Crippen molar-refractivity contribution in [2.24, 2.45) is 5.92 Å². The number of ether oxygens (including phenoxy) is 1. The molecule has 0 atom stereocenters. The minimum Gasteiger partial charge on any atom is -0.379 e. The van der Waals surface area contributed by atoms with Crippen molar-refractivity contribution < 1.29 is 17.9 Å². The van der Waals surface area contributed by atoms with Gasteiger partial charge < -0.3 is 4.74 Å². The summed E-state index contributed by atoms with van der Waals surface area (Å²) in [4.78, 5) is 11.4. The molecule has 0 aliphatic carbocycles. The molecule has 0 aromatic rings. The van der Waals surface area contributed by atoms with Gasteiger partial charge in [-0.3, -0.25) is 4.79 Å². The van der Waals surface area contributed by atoms with Crippen LogP contribution in [0.5, 0.6) is 0 Å². The summed E-state index contributed by atoms with van der Waals surface area (Å²) in [5.41, 5.74) is 0. The molecule has 1 rings (SSSR count). The predicted octanol–water partition coefficient (Wildman–Crippen LogP) is -0.127. The average Bonchev–Trinajstić information content (AvgIpc) is 2.18. The van der Waals surface area contributed by atoms with Gasteiger partial charge in [0.1, 0.15) is 5.75 Å². The molecule has 0 aromatic heterocycles. The van der Waals surface area contributed by atoms with Gasteiger partial charge in [-0.15, -0.1) is 0 Å². The molecule has 15 heavy (non-hydrogen) atoms. The second-order valence-corrected chi connectivity index (χ2v) is 5.86. The normalized spacial score (nSPS) is 19.4. The molecule has 0 N–H and O–H groups in total. The highest BCUT2D eigenvalue weighted by Crippen LogP contribution is 2.08. The van der Waals surface area contributed by atoms with E-state index in [1.165, 1.54) is 4.31 Å². The van der Waals surface area contributed by atoms with E-state index in [1.807, 2.05) is 0 Å². The van der Waals surface area contributed by atoms with Crippen LogP contribution in [-0.2, 0) is 19.6 Å². The number of sulfonamides is 1. The van der Waals surface area contributed by atoms with Gasteiger partial charge in [-0.2, -0.15) is 4.31 Å². The molecular formula is C9H17NO4S. The van der Waals surface area contributed by atoms with Crippen molar-refractivity contribution in [3.63, 3.8) is 0 Å². The summed E-state index contributed by atoms with van der Waals surface area (Å²) in [7, 11) is -3.42. The van der Waals surface area contributed by atoms with E-state index in [4.69, 9.17) is 4.74 Å². The van der Waals surface area contributed by atoms with E-state index < -0.39 is 10.0 Å². The fraction of sp³-hybridized carbons (Fsp3) is 0.889. The maximum atomic E-state index is 11.8. The lowest BCUT2D eigenvalue weighted by atomic mass is 10.1. The molecule has 0 spiro atoms. The monoisotopic (exact) mass is 235 g/mol. The van der Waals surface area contributed by atoms with Gasteiger partial charge in [-0.1, -0.05) is 13.8 Å². The number of nitrogens with zero attached hydrogens (tertiary/aromatic N) is 1. The zero-order chi connectivity index (χ0) is 11.5. The van der Waals surface area contributed by atoms with Crippen LogP contribution in [0.4, 0.5) is 0 Å². The molecule has 1 heterocycles. The van der Waals surface area contributed by atoms with Crippen molar-refractivity contribution >= 4 is 15.8 Å². The largest absolute Gasteiger partial charge is 0.379 e. The van der Waals surface area contributed by atoms with E-state index >= 15 is 0 Å². The number of hydrogen-bond acceptors (Lipinski definition) is 4. The third-order valence-electron chi connectivity index (χ3n) is 2.33. The summed E-state index contributed by atoms with van der Waals surface area (Å²) in [6.07, 6.45) is 0. The van der Waals surface area contributed by atoms with E-state index in [9.17, 15) is 13.2 Å². The van der Waals surface area contributed by atoms with Gasteiger partial charge in [-0.05, 0) is 0 Å². The number of hydrogen-bond donors (Lipinski definition) is 0. The smallest absolute Gasteiger partial charge is 0.221 e. The minimum absolute atomic E-state index is 0.235. The lowest BCUT2D eigenvalue weighted by Crippen LogP contribution is -2.43. The van der Waals surface area contributed by atoms with Gasteiger partial charge in [0, 0.05) is 19.0 Å². The highest BCUT2D eigenvalue weighted by Gasteiger charge is 2.27. The number of ketones is 1. The SMILES string of the molecule is CC(C)C(=O)CS(=O)(=O)N1CCOCC1. The highest BCUT2D eigenvalue weighted by molar-refractivity contribution is 7.89. The maximum absolute atomic E-state index is 11.8. The first kappa shape index (κ1) is 12.6. The van der Waals surface area contributed by atoms with Gasteiger partial charge in [0.05, 0.1) is 13.2 Å². The van der Waals surface area contributed by atoms with Crippen LogP contribution in [0.25, 0.3) is 0 Å². The van der Waals surface area contributed by atoms with Crippen molar-refractivity contribution in [1.82, 2.24) is 4.31 Å². The van der Waals surface area contributed by atoms with Gasteiger partial charge in [-0.25, -0.2) is 8.42 Å². The first-order chi connectivity index (χ1) is 6.93. The number of Topliss-reactive ketones (excluding diaryl/α,β-unsaturated/α-hetero) is 1. The Bertz CT molecular complexity index is 317. The molecule has 1 aliphatic heterocycles. The Kier molecular flexibility index (Phi) is 4.24. The molecule has 0 bridgehead atoms. The van der Waals surface area contributed by atoms with Gasteiger partial charge in [0.25, 0.3) is 0 Å². The molecule has 0 amide bonds. The summed E-state index contributed by atoms with van der Waals surface area (Å²) >= 11 is 0. The van der Waals surface area contributed by atoms with Crippen LogP contribution in [-0.4, -0.2) is 50.6 Å². The fourth-order valence-corrected chi connectivity index (χ4v) is 2.84. The quantitative estimate of drug-likeness (QED) is 0.681. The molecule has 1 fully saturated rings. The van der Waals surface area contributed by atoms with E-state index in [-0.39, 0.29) is 17.5 Å². The Morgan fingerprint density at radius 3 is 2.33 bits per heavy atom. The molecule has 5 nitrogen and oxygen atoms in total. The third-order valence-corrected chi connectivity index (χ3v) is 4.13. The second kappa shape index (κ2) is 5.05. The summed E-state index contributed by atoms with van der Waals surface area (Å²) in [5.74, 6) is -0.854. The standard InChI is InChI=1S/C9H17NO4S/c1-8(2)9(11)7-15(12,13)10-3-5-14-6-4-10/h8H,3-7H2,1-2H3. The van der Waals surface area contributed by atoms with Crippen LogP contribution >= 0.6 is 0 Å². The van der Waals surface area contributed by atoms with Crippen molar-refractivity contribution in [2.75, 3.05) is 32.1 Å². The van der Waals surface area contributed by atoms with Gasteiger partial charge in [0.2, 0.25) is 10.0 Å². The van der Waals surface area contributed by atoms with E-state index in [1.54, 1.807) is 13.8 Å². The Hall–Kier alpha value is -0.460. The molecule has 1 saturated heterocycles. The Labute approximate surface area is 90.4 Å². The number of carbonyl (C=O) groups is 1. The molecule has 88 valence electrons. The van der Waals surface area contributed by atoms with Crippen LogP contribution in [0, 0.1) is 5.92 Å². The van der Waals surface area contributed by atoms with Gasteiger partial charge in [0.15, 0.2) is 5.78 Å². The summed E-state index contributed by atoms with van der Waals surface area (Å²) in [6.45, 7) is 4.94. The van der Waals surface area contributed by atoms with Crippen LogP contribution in [0.15, 0.2) is 0 Å². The Morgan fingerprint density at radius 2 is 1.87 bits per heavy atom. The van der Waals surface area contributed by atoms with Crippen LogP contribution in [0.2, 0.25) is 0 Å². The minimum atomic E-state index is -3.42. The molecule has 1 aliphatic rings. The van der Waals surface area contributed by atoms with Crippen molar-refractivity contribution in [3.8, 4) is 0 Å². The zero-order valence-electron chi connectivity index (χ0n) is 9.10. The first-order valence-electron chi connectivity index (χ1n) is 5.02. The number of rotatable bonds is 4. The Morgan fingerprint density at radius 1 is 1.33 bits per heavy atom. The van der Waals surface area contributed by atoms with Crippen molar-refractivity contribution in [2.45, 2.75) is 13.8 Å². The molecule has 0 aromatic carbocycles. The topological polar surface area (TPSA) is 63.7 Å². The highest BCUT2D eigenvalue weighted by atomic mass is 32.2. The maximum Gasteiger partial charge on any atom is 0.221 e. The van der Waals surface area contributed by atoms with E-state index in [0.717, 1.165) is 0 Å². The van der Waals surface area contributed by atoms with Crippen LogP contribution < -0.4 is 0 Å². The third kappa shape index (κ3) is 3.55. The lowest BCUT2D eigenvalue weighted by molar-refractivity contribution is -0.119. The molecule has 6 heteroatoms. The van der Waals surface area contributed by atoms with E-state index in [0.29, 0.717) is 26.3 Å². The van der Waals surface area contributed by atoms with E-state index in [2.05, 4.69) is 0 Å². The summed E-state index contributed by atoms with van der Waals surface area (Å²) in [6, 6.07) is 0. The summed E-state index contributed by atoms with van der Waals surface area (Å²) < 4.78 is 29.9. The number of morpholine rings is 1. The molecule has 0 unspecified atom stereocenters. The number of carbonyl (C=O) groups excluding carboxylic acids is 1. The van der Waals surface area contributed by atoms with Crippen molar-refractivity contribution in [3.05, 3.63) is 0 Å². The van der Waals surface area contributed by atoms with Crippen molar-refractivity contribution in [1.29, 1.82) is 0 Å². The van der Waals surface area contributed by atoms with Crippen LogP contribution in [0.1, 0.15) is 13.8 Å². The second-order valence-electron chi connectivity index (χ2n) is 3.89. The zero-order valence-corrected chi connectivity index (χ0v) is 9.92. The average molecular weight is 235 g/mol. The molecule has 0 radical (unpaired) electrons. The molecule has 0 saturated carbocycles. The summed E-state index contributed by atoms with van der Waals surface area (Å²) in [5, 5.41) is 0. The molecular weight excluding hydrogens is 218 g/mol. The lowest BCUT2D eigenvalue weighted by Gasteiger charge is -2.25. The Balaban J connectivity index is 2.61. The van der Waals surface area contributed by atoms with Gasteiger partial charge >= 0.3 is 0 Å². The fourth-order valence-electron chi connectivity index (χ4n) is 1.26. The predicted molar refractivity (Wildman–Crippen MR) is 56.0 cm³/mol.